The average Bonchev–Trinajstić information content (AvgIpc) is 2.44. The predicted molar refractivity (Wildman–Crippen MR) is 73.4 cm³/mol. The van der Waals surface area contributed by atoms with Crippen LogP contribution in [0.25, 0.3) is 0 Å². The highest BCUT2D eigenvalue weighted by molar-refractivity contribution is 6.00. The number of hydrogen-bond donors (Lipinski definition) is 1. The van der Waals surface area contributed by atoms with E-state index in [0.29, 0.717) is 5.75 Å². The zero-order chi connectivity index (χ0) is 15.5. The van der Waals surface area contributed by atoms with Crippen LogP contribution in [0.15, 0.2) is 18.2 Å². The van der Waals surface area contributed by atoms with Crippen LogP contribution >= 0.6 is 0 Å². The van der Waals surface area contributed by atoms with Crippen molar-refractivity contribution in [2.24, 2.45) is 0 Å². The van der Waals surface area contributed by atoms with E-state index in [2.05, 4.69) is 0 Å². The van der Waals surface area contributed by atoms with Gasteiger partial charge in [0.25, 0.3) is 5.91 Å². The summed E-state index contributed by atoms with van der Waals surface area (Å²) in [7, 11) is 4.34. The first-order valence-electron chi connectivity index (χ1n) is 6.00. The van der Waals surface area contributed by atoms with Gasteiger partial charge in [-0.3, -0.25) is 4.79 Å². The van der Waals surface area contributed by atoms with E-state index < -0.39 is 17.4 Å². The maximum Gasteiger partial charge on any atom is 0.329 e. The highest BCUT2D eigenvalue weighted by Gasteiger charge is 2.36. The molecular weight excluding hydrogens is 262 g/mol. The topological polar surface area (TPSA) is 76.1 Å². The summed E-state index contributed by atoms with van der Waals surface area (Å²) in [4.78, 5) is 24.9. The largest absolute Gasteiger partial charge is 0.493 e. The van der Waals surface area contributed by atoms with Gasteiger partial charge in [-0.05, 0) is 26.0 Å². The number of aliphatic carboxylic acids is 1. The second-order valence-corrected chi connectivity index (χ2v) is 4.77. The quantitative estimate of drug-likeness (QED) is 0.888. The Morgan fingerprint density at radius 1 is 1.20 bits per heavy atom. The number of carbonyl (C=O) groups is 2. The lowest BCUT2D eigenvalue weighted by atomic mass is 10.0. The SMILES string of the molecule is COc1cccc(C(=O)N(C)C(C)(C)C(=O)O)c1OC. The molecule has 0 fully saturated rings. The fourth-order valence-electron chi connectivity index (χ4n) is 1.63. The Hall–Kier alpha value is -2.24. The Morgan fingerprint density at radius 2 is 1.80 bits per heavy atom. The van der Waals surface area contributed by atoms with Crippen molar-refractivity contribution >= 4 is 11.9 Å². The summed E-state index contributed by atoms with van der Waals surface area (Å²) < 4.78 is 10.3. The molecule has 0 bridgehead atoms. The molecule has 6 heteroatoms. The van der Waals surface area contributed by atoms with Gasteiger partial charge in [0.05, 0.1) is 19.8 Å². The van der Waals surface area contributed by atoms with Crippen LogP contribution in [-0.4, -0.2) is 48.7 Å². The van der Waals surface area contributed by atoms with Gasteiger partial charge in [0, 0.05) is 7.05 Å². The molecule has 1 amide bonds. The Kier molecular flexibility index (Phi) is 4.60. The van der Waals surface area contributed by atoms with E-state index in [4.69, 9.17) is 9.47 Å². The molecule has 6 nitrogen and oxygen atoms in total. The molecule has 1 rings (SSSR count). The normalized spacial score (nSPS) is 10.8. The first-order chi connectivity index (χ1) is 9.27. The molecule has 20 heavy (non-hydrogen) atoms. The number of nitrogens with zero attached hydrogens (tertiary/aromatic N) is 1. The molecule has 1 aromatic carbocycles. The minimum atomic E-state index is -1.33. The Balaban J connectivity index is 3.25. The molecule has 0 unspecified atom stereocenters. The summed E-state index contributed by atoms with van der Waals surface area (Å²) in [6.45, 7) is 2.92. The molecule has 0 atom stereocenters. The number of carboxylic acids is 1. The third-order valence-electron chi connectivity index (χ3n) is 3.30. The van der Waals surface area contributed by atoms with Crippen LogP contribution < -0.4 is 9.47 Å². The van der Waals surface area contributed by atoms with Crippen LogP contribution in [0.3, 0.4) is 0 Å². The zero-order valence-electron chi connectivity index (χ0n) is 12.3. The number of para-hydroxylation sites is 1. The molecule has 0 radical (unpaired) electrons. The first-order valence-corrected chi connectivity index (χ1v) is 6.00. The van der Waals surface area contributed by atoms with Crippen molar-refractivity contribution in [2.75, 3.05) is 21.3 Å². The molecule has 0 aromatic heterocycles. The lowest BCUT2D eigenvalue weighted by Gasteiger charge is -2.32. The highest BCUT2D eigenvalue weighted by Crippen LogP contribution is 2.32. The number of rotatable bonds is 5. The van der Waals surface area contributed by atoms with E-state index in [-0.39, 0.29) is 11.3 Å². The highest BCUT2D eigenvalue weighted by atomic mass is 16.5. The first kappa shape index (κ1) is 15.8. The summed E-state index contributed by atoms with van der Waals surface area (Å²) in [6.07, 6.45) is 0. The van der Waals surface area contributed by atoms with Gasteiger partial charge >= 0.3 is 5.97 Å². The average molecular weight is 281 g/mol. The Bertz CT molecular complexity index is 524. The molecule has 0 aliphatic heterocycles. The molecular formula is C14H19NO5. The maximum absolute atomic E-state index is 12.5. The van der Waals surface area contributed by atoms with Crippen molar-refractivity contribution in [3.8, 4) is 11.5 Å². The second-order valence-electron chi connectivity index (χ2n) is 4.77. The maximum atomic E-state index is 12.5. The van der Waals surface area contributed by atoms with E-state index in [9.17, 15) is 14.7 Å². The van der Waals surface area contributed by atoms with Gasteiger partial charge in [0.1, 0.15) is 5.54 Å². The molecule has 0 saturated carbocycles. The lowest BCUT2D eigenvalue weighted by molar-refractivity contribution is -0.147. The van der Waals surface area contributed by atoms with Gasteiger partial charge in [-0.2, -0.15) is 0 Å². The number of likely N-dealkylation sites (N-methyl/N-ethyl adjacent to an activating group) is 1. The number of hydrogen-bond acceptors (Lipinski definition) is 4. The number of carbonyl (C=O) groups excluding carboxylic acids is 1. The molecule has 0 heterocycles. The molecule has 1 N–H and O–H groups in total. The molecule has 1 aromatic rings. The van der Waals surface area contributed by atoms with Crippen molar-refractivity contribution in [1.82, 2.24) is 4.90 Å². The van der Waals surface area contributed by atoms with Crippen molar-refractivity contribution in [3.05, 3.63) is 23.8 Å². The number of carboxylic acid groups (broad SMARTS) is 1. The summed E-state index contributed by atoms with van der Waals surface area (Å²) >= 11 is 0. The molecule has 0 saturated heterocycles. The summed E-state index contributed by atoms with van der Waals surface area (Å²) in [5.74, 6) is -0.837. The Labute approximate surface area is 117 Å². The summed E-state index contributed by atoms with van der Waals surface area (Å²) in [6, 6.07) is 4.88. The lowest BCUT2D eigenvalue weighted by Crippen LogP contribution is -2.50. The van der Waals surface area contributed by atoms with Gasteiger partial charge in [-0.15, -0.1) is 0 Å². The second kappa shape index (κ2) is 5.81. The van der Waals surface area contributed by atoms with E-state index >= 15 is 0 Å². The minimum absolute atomic E-state index is 0.253. The standard InChI is InChI=1S/C14H19NO5/c1-14(2,13(17)18)15(3)12(16)9-7-6-8-10(19-4)11(9)20-5/h6-8H,1-5H3,(H,17,18). The molecule has 0 aliphatic carbocycles. The Morgan fingerprint density at radius 3 is 2.25 bits per heavy atom. The van der Waals surface area contributed by atoms with E-state index in [1.54, 1.807) is 18.2 Å². The molecule has 110 valence electrons. The van der Waals surface area contributed by atoms with Gasteiger partial charge in [0.15, 0.2) is 11.5 Å². The van der Waals surface area contributed by atoms with Crippen LogP contribution in [0.1, 0.15) is 24.2 Å². The van der Waals surface area contributed by atoms with E-state index in [0.717, 1.165) is 4.90 Å². The smallest absolute Gasteiger partial charge is 0.329 e. The van der Waals surface area contributed by atoms with Gasteiger partial charge in [0.2, 0.25) is 0 Å². The summed E-state index contributed by atoms with van der Waals surface area (Å²) in [5, 5.41) is 9.18. The predicted octanol–water partition coefficient (Wildman–Crippen LogP) is 1.64. The van der Waals surface area contributed by atoms with Crippen LogP contribution in [0.4, 0.5) is 0 Å². The van der Waals surface area contributed by atoms with Crippen LogP contribution in [0.5, 0.6) is 11.5 Å². The van der Waals surface area contributed by atoms with Gasteiger partial charge in [-0.1, -0.05) is 6.07 Å². The fraction of sp³-hybridized carbons (Fsp3) is 0.429. The van der Waals surface area contributed by atoms with Crippen LogP contribution in [0, 0.1) is 0 Å². The van der Waals surface area contributed by atoms with Gasteiger partial charge in [-0.25, -0.2) is 4.79 Å². The third-order valence-corrected chi connectivity index (χ3v) is 3.30. The summed E-state index contributed by atoms with van der Waals surface area (Å²) in [5.41, 5.74) is -1.07. The molecule has 0 spiro atoms. The van der Waals surface area contributed by atoms with Gasteiger partial charge < -0.3 is 19.5 Å². The van der Waals surface area contributed by atoms with Crippen molar-refractivity contribution < 1.29 is 24.2 Å². The zero-order valence-corrected chi connectivity index (χ0v) is 12.3. The van der Waals surface area contributed by atoms with Crippen LogP contribution in [-0.2, 0) is 4.79 Å². The number of ether oxygens (including phenoxy) is 2. The number of benzene rings is 1. The number of amides is 1. The van der Waals surface area contributed by atoms with Crippen LogP contribution in [0.2, 0.25) is 0 Å². The monoisotopic (exact) mass is 281 g/mol. The minimum Gasteiger partial charge on any atom is -0.493 e. The van der Waals surface area contributed by atoms with E-state index in [1.165, 1.54) is 35.1 Å². The van der Waals surface area contributed by atoms with Crippen molar-refractivity contribution in [2.45, 2.75) is 19.4 Å². The van der Waals surface area contributed by atoms with Crippen molar-refractivity contribution in [1.29, 1.82) is 0 Å². The van der Waals surface area contributed by atoms with Crippen molar-refractivity contribution in [3.63, 3.8) is 0 Å². The fourth-order valence-corrected chi connectivity index (χ4v) is 1.63. The number of methoxy groups -OCH3 is 2. The third kappa shape index (κ3) is 2.68. The molecule has 0 aliphatic rings. The van der Waals surface area contributed by atoms with E-state index in [1.807, 2.05) is 0 Å².